The molecule has 0 N–H and O–H groups in total. The van der Waals surface area contributed by atoms with Crippen LogP contribution in [0.3, 0.4) is 0 Å². The van der Waals surface area contributed by atoms with Crippen molar-refractivity contribution < 1.29 is 14.3 Å². The molecule has 0 saturated carbocycles. The molecule has 84 valence electrons. The van der Waals surface area contributed by atoms with E-state index in [0.29, 0.717) is 12.4 Å². The Bertz CT molecular complexity index is 421. The van der Waals surface area contributed by atoms with Crippen LogP contribution in [0.4, 0.5) is 0 Å². The number of rotatable bonds is 2. The Hall–Kier alpha value is -1.77. The molecule has 0 amide bonds. The van der Waals surface area contributed by atoms with Gasteiger partial charge in [-0.3, -0.25) is 0 Å². The van der Waals surface area contributed by atoms with Gasteiger partial charge in [0, 0.05) is 6.42 Å². The van der Waals surface area contributed by atoms with Crippen LogP contribution in [0.2, 0.25) is 0 Å². The maximum absolute atomic E-state index is 11.2. The Balaban J connectivity index is 2.10. The molecule has 1 heterocycles. The van der Waals surface area contributed by atoms with Crippen molar-refractivity contribution in [3.05, 3.63) is 41.7 Å². The van der Waals surface area contributed by atoms with Crippen LogP contribution in [0.15, 0.2) is 36.1 Å². The number of ether oxygens (including phenoxy) is 2. The highest BCUT2D eigenvalue weighted by Crippen LogP contribution is 2.28. The molecule has 0 spiro atoms. The van der Waals surface area contributed by atoms with Crippen LogP contribution < -0.4 is 4.74 Å². The van der Waals surface area contributed by atoms with E-state index >= 15 is 0 Å². The van der Waals surface area contributed by atoms with Crippen molar-refractivity contribution in [1.82, 2.24) is 0 Å². The van der Waals surface area contributed by atoms with Gasteiger partial charge in [0.1, 0.15) is 11.5 Å². The lowest BCUT2D eigenvalue weighted by Gasteiger charge is -2.18. The SMILES string of the molecule is CCOC(=O)C=C1CCc2ccccc2O1. The van der Waals surface area contributed by atoms with Gasteiger partial charge in [0.15, 0.2) is 0 Å². The quantitative estimate of drug-likeness (QED) is 0.565. The average molecular weight is 218 g/mol. The first kappa shape index (κ1) is 10.7. The molecule has 3 nitrogen and oxygen atoms in total. The summed E-state index contributed by atoms with van der Waals surface area (Å²) in [6, 6.07) is 7.86. The summed E-state index contributed by atoms with van der Waals surface area (Å²) in [4.78, 5) is 11.2. The van der Waals surface area contributed by atoms with E-state index in [-0.39, 0.29) is 5.97 Å². The molecule has 0 unspecified atom stereocenters. The fourth-order valence-electron chi connectivity index (χ4n) is 1.68. The molecule has 1 aromatic carbocycles. The predicted octanol–water partition coefficient (Wildman–Crippen LogP) is 2.46. The van der Waals surface area contributed by atoms with Gasteiger partial charge in [0.25, 0.3) is 0 Å². The number of carbonyl (C=O) groups is 1. The first-order chi connectivity index (χ1) is 7.79. The Morgan fingerprint density at radius 2 is 2.25 bits per heavy atom. The number of aryl methyl sites for hydroxylation is 1. The maximum Gasteiger partial charge on any atom is 0.334 e. The first-order valence-corrected chi connectivity index (χ1v) is 5.42. The molecule has 0 aromatic heterocycles. The van der Waals surface area contributed by atoms with Crippen molar-refractivity contribution in [3.8, 4) is 5.75 Å². The average Bonchev–Trinajstić information content (AvgIpc) is 2.29. The summed E-state index contributed by atoms with van der Waals surface area (Å²) in [7, 11) is 0. The van der Waals surface area contributed by atoms with E-state index in [4.69, 9.17) is 9.47 Å². The van der Waals surface area contributed by atoms with Crippen molar-refractivity contribution in [2.24, 2.45) is 0 Å². The summed E-state index contributed by atoms with van der Waals surface area (Å²) in [5, 5.41) is 0. The van der Waals surface area contributed by atoms with E-state index in [0.717, 1.165) is 18.6 Å². The Kier molecular flexibility index (Phi) is 3.25. The van der Waals surface area contributed by atoms with E-state index in [9.17, 15) is 4.79 Å². The molecule has 0 aliphatic carbocycles. The van der Waals surface area contributed by atoms with Gasteiger partial charge in [-0.25, -0.2) is 4.79 Å². The van der Waals surface area contributed by atoms with Crippen molar-refractivity contribution in [1.29, 1.82) is 0 Å². The third-order valence-electron chi connectivity index (χ3n) is 2.42. The molecule has 0 fully saturated rings. The third kappa shape index (κ3) is 2.42. The van der Waals surface area contributed by atoms with Gasteiger partial charge < -0.3 is 9.47 Å². The van der Waals surface area contributed by atoms with Crippen LogP contribution in [0, 0.1) is 0 Å². The zero-order valence-corrected chi connectivity index (χ0v) is 9.23. The number of esters is 1. The molecule has 0 radical (unpaired) electrons. The standard InChI is InChI=1S/C13H14O3/c1-2-15-13(14)9-11-8-7-10-5-3-4-6-12(10)16-11/h3-6,9H,2,7-8H2,1H3. The highest BCUT2D eigenvalue weighted by molar-refractivity contribution is 5.82. The van der Waals surface area contributed by atoms with E-state index in [1.54, 1.807) is 6.92 Å². The minimum absolute atomic E-state index is 0.336. The number of fused-ring (bicyclic) bond motifs is 1. The normalized spacial score (nSPS) is 16.4. The minimum Gasteiger partial charge on any atom is -0.463 e. The van der Waals surface area contributed by atoms with Crippen molar-refractivity contribution in [3.63, 3.8) is 0 Å². The van der Waals surface area contributed by atoms with Gasteiger partial charge in [-0.15, -0.1) is 0 Å². The number of hydrogen-bond donors (Lipinski definition) is 0. The van der Waals surface area contributed by atoms with Crippen LogP contribution in [-0.2, 0) is 16.0 Å². The summed E-state index contributed by atoms with van der Waals surface area (Å²) in [6.45, 7) is 2.17. The van der Waals surface area contributed by atoms with E-state index < -0.39 is 0 Å². The monoisotopic (exact) mass is 218 g/mol. The van der Waals surface area contributed by atoms with Crippen molar-refractivity contribution in [2.75, 3.05) is 6.61 Å². The number of hydrogen-bond acceptors (Lipinski definition) is 3. The van der Waals surface area contributed by atoms with Crippen LogP contribution in [0.25, 0.3) is 0 Å². The van der Waals surface area contributed by atoms with Gasteiger partial charge in [-0.1, -0.05) is 18.2 Å². The zero-order chi connectivity index (χ0) is 11.4. The van der Waals surface area contributed by atoms with E-state index in [1.165, 1.54) is 11.6 Å². The summed E-state index contributed by atoms with van der Waals surface area (Å²) in [5.74, 6) is 1.18. The Morgan fingerprint density at radius 1 is 1.44 bits per heavy atom. The summed E-state index contributed by atoms with van der Waals surface area (Å²) < 4.78 is 10.4. The molecule has 3 heteroatoms. The zero-order valence-electron chi connectivity index (χ0n) is 9.23. The fraction of sp³-hybridized carbons (Fsp3) is 0.308. The minimum atomic E-state index is -0.336. The topological polar surface area (TPSA) is 35.5 Å². The van der Waals surface area contributed by atoms with Gasteiger partial charge in [0.05, 0.1) is 12.7 Å². The second-order valence-electron chi connectivity index (χ2n) is 3.57. The predicted molar refractivity (Wildman–Crippen MR) is 60.1 cm³/mol. The van der Waals surface area contributed by atoms with E-state index in [2.05, 4.69) is 0 Å². The number of allylic oxidation sites excluding steroid dienone is 1. The molecule has 0 bridgehead atoms. The lowest BCUT2D eigenvalue weighted by Crippen LogP contribution is -2.10. The van der Waals surface area contributed by atoms with Gasteiger partial charge >= 0.3 is 5.97 Å². The summed E-state index contributed by atoms with van der Waals surface area (Å²) >= 11 is 0. The molecular weight excluding hydrogens is 204 g/mol. The highest BCUT2D eigenvalue weighted by atomic mass is 16.5. The van der Waals surface area contributed by atoms with Gasteiger partial charge in [-0.2, -0.15) is 0 Å². The first-order valence-electron chi connectivity index (χ1n) is 5.42. The molecule has 16 heavy (non-hydrogen) atoms. The lowest BCUT2D eigenvalue weighted by molar-refractivity contribution is -0.137. The lowest BCUT2D eigenvalue weighted by atomic mass is 10.0. The smallest absolute Gasteiger partial charge is 0.334 e. The third-order valence-corrected chi connectivity index (χ3v) is 2.42. The van der Waals surface area contributed by atoms with Crippen molar-refractivity contribution in [2.45, 2.75) is 19.8 Å². The number of carbonyl (C=O) groups excluding carboxylic acids is 1. The van der Waals surface area contributed by atoms with Crippen LogP contribution in [0.1, 0.15) is 18.9 Å². The summed E-state index contributed by atoms with van der Waals surface area (Å²) in [5.41, 5.74) is 1.18. The number of para-hydroxylation sites is 1. The maximum atomic E-state index is 11.2. The summed E-state index contributed by atoms with van der Waals surface area (Å²) in [6.07, 6.45) is 3.08. The molecule has 0 saturated heterocycles. The largest absolute Gasteiger partial charge is 0.463 e. The van der Waals surface area contributed by atoms with Crippen molar-refractivity contribution >= 4 is 5.97 Å². The molecule has 1 aromatic rings. The Morgan fingerprint density at radius 3 is 3.06 bits per heavy atom. The molecule has 0 atom stereocenters. The fourth-order valence-corrected chi connectivity index (χ4v) is 1.68. The molecule has 2 rings (SSSR count). The van der Waals surface area contributed by atoms with Gasteiger partial charge in [0.2, 0.25) is 0 Å². The highest BCUT2D eigenvalue weighted by Gasteiger charge is 2.14. The second-order valence-corrected chi connectivity index (χ2v) is 3.57. The Labute approximate surface area is 94.7 Å². The molecular formula is C13H14O3. The second kappa shape index (κ2) is 4.84. The number of benzene rings is 1. The molecule has 1 aliphatic rings. The van der Waals surface area contributed by atoms with Gasteiger partial charge in [-0.05, 0) is 25.0 Å². The van der Waals surface area contributed by atoms with Crippen LogP contribution in [0.5, 0.6) is 5.75 Å². The van der Waals surface area contributed by atoms with Crippen LogP contribution in [-0.4, -0.2) is 12.6 Å². The molecule has 1 aliphatic heterocycles. The van der Waals surface area contributed by atoms with E-state index in [1.807, 2.05) is 24.3 Å². The van der Waals surface area contributed by atoms with Crippen LogP contribution >= 0.6 is 0 Å².